The fraction of sp³-hybridized carbons (Fsp3) is 0.0500. The Labute approximate surface area is 260 Å². The molecule has 5 aromatic carbocycles. The van der Waals surface area contributed by atoms with Crippen LogP contribution in [0.4, 0.5) is 0 Å². The van der Waals surface area contributed by atoms with E-state index in [1.807, 2.05) is 31.2 Å². The van der Waals surface area contributed by atoms with Crippen LogP contribution in [0.1, 0.15) is 28.1 Å². The highest BCUT2D eigenvalue weighted by atomic mass is 16.5. The highest BCUT2D eigenvalue weighted by Gasteiger charge is 2.50. The van der Waals surface area contributed by atoms with Crippen molar-refractivity contribution in [3.63, 3.8) is 0 Å². The predicted molar refractivity (Wildman–Crippen MR) is 176 cm³/mol. The Balaban J connectivity index is 1.18. The molecule has 1 aliphatic heterocycles. The van der Waals surface area contributed by atoms with E-state index in [1.54, 1.807) is 6.20 Å². The van der Waals surface area contributed by atoms with Gasteiger partial charge in [0.2, 0.25) is 0 Å². The van der Waals surface area contributed by atoms with E-state index in [4.69, 9.17) is 9.72 Å². The van der Waals surface area contributed by atoms with Crippen molar-refractivity contribution in [3.8, 4) is 56.7 Å². The lowest BCUT2D eigenvalue weighted by atomic mass is 9.66. The van der Waals surface area contributed by atoms with Gasteiger partial charge in [-0.2, -0.15) is 0 Å². The average molecular weight is 579 g/mol. The van der Waals surface area contributed by atoms with Gasteiger partial charge in [-0.25, -0.2) is 15.0 Å². The Hall–Kier alpha value is -5.94. The Kier molecular flexibility index (Phi) is 5.56. The molecule has 0 fully saturated rings. The number of pyridine rings is 1. The Morgan fingerprint density at radius 2 is 1.09 bits per heavy atom. The normalized spacial score (nSPS) is 13.4. The molecular weight excluding hydrogens is 552 g/mol. The van der Waals surface area contributed by atoms with Crippen molar-refractivity contribution in [3.05, 3.63) is 168 Å². The van der Waals surface area contributed by atoms with Crippen molar-refractivity contribution in [1.82, 2.24) is 19.9 Å². The molecule has 0 saturated heterocycles. The number of para-hydroxylation sites is 1. The topological polar surface area (TPSA) is 60.8 Å². The van der Waals surface area contributed by atoms with Crippen LogP contribution in [0.25, 0.3) is 45.2 Å². The zero-order valence-corrected chi connectivity index (χ0v) is 24.5. The summed E-state index contributed by atoms with van der Waals surface area (Å²) < 4.78 is 6.59. The maximum atomic E-state index is 6.59. The van der Waals surface area contributed by atoms with E-state index in [1.165, 1.54) is 22.3 Å². The monoisotopic (exact) mass is 578 g/mol. The Morgan fingerprint density at radius 3 is 1.82 bits per heavy atom. The smallest absolute Gasteiger partial charge is 0.182 e. The lowest BCUT2D eigenvalue weighted by Gasteiger charge is -2.39. The number of aryl methyl sites for hydroxylation is 1. The van der Waals surface area contributed by atoms with Crippen LogP contribution >= 0.6 is 0 Å². The second-order valence-corrected chi connectivity index (χ2v) is 11.5. The molecule has 0 amide bonds. The number of rotatable bonds is 3. The van der Waals surface area contributed by atoms with E-state index in [9.17, 15) is 0 Å². The lowest BCUT2D eigenvalue weighted by molar-refractivity contribution is 0.436. The standard InChI is InChI=1S/C40H26N4O/c1-25-42-38(44-39(43-25)35-15-8-9-23-41-35)27-19-17-26(18-20-27)28-21-22-37-34(24-28)40(33-14-6-7-16-36(33)45-37)31-12-4-2-10-29(31)30-11-3-5-13-32(30)40/h2-24H,1H3. The molecule has 0 saturated carbocycles. The molecule has 5 heteroatoms. The molecule has 0 N–H and O–H groups in total. The largest absolute Gasteiger partial charge is 0.457 e. The van der Waals surface area contributed by atoms with Gasteiger partial charge >= 0.3 is 0 Å². The highest BCUT2D eigenvalue weighted by Crippen LogP contribution is 2.62. The maximum absolute atomic E-state index is 6.59. The molecule has 0 bridgehead atoms. The van der Waals surface area contributed by atoms with Gasteiger partial charge in [-0.15, -0.1) is 0 Å². The van der Waals surface area contributed by atoms with E-state index in [2.05, 4.69) is 124 Å². The van der Waals surface area contributed by atoms with Crippen LogP contribution in [0.2, 0.25) is 0 Å². The number of ether oxygens (including phenoxy) is 1. The maximum Gasteiger partial charge on any atom is 0.182 e. The quantitative estimate of drug-likeness (QED) is 0.209. The predicted octanol–water partition coefficient (Wildman–Crippen LogP) is 9.04. The number of hydrogen-bond acceptors (Lipinski definition) is 5. The SMILES string of the molecule is Cc1nc(-c2ccc(-c3ccc4c(c3)C3(c5ccccc5O4)c4ccccc4-c4ccccc43)cc2)nc(-c2ccccn2)n1. The molecule has 45 heavy (non-hydrogen) atoms. The first-order valence-electron chi connectivity index (χ1n) is 15.1. The summed E-state index contributed by atoms with van der Waals surface area (Å²) in [6, 6.07) is 46.8. The van der Waals surface area contributed by atoms with Crippen LogP contribution in [0, 0.1) is 6.92 Å². The molecular formula is C40H26N4O. The second-order valence-electron chi connectivity index (χ2n) is 11.5. The van der Waals surface area contributed by atoms with Gasteiger partial charge in [0, 0.05) is 22.9 Å². The molecule has 1 spiro atoms. The van der Waals surface area contributed by atoms with E-state index in [-0.39, 0.29) is 0 Å². The van der Waals surface area contributed by atoms with E-state index >= 15 is 0 Å². The first kappa shape index (κ1) is 25.5. The van der Waals surface area contributed by atoms with E-state index in [0.717, 1.165) is 45.0 Å². The molecule has 7 aromatic rings. The van der Waals surface area contributed by atoms with Gasteiger partial charge < -0.3 is 4.74 Å². The summed E-state index contributed by atoms with van der Waals surface area (Å²) in [6.45, 7) is 1.88. The summed E-state index contributed by atoms with van der Waals surface area (Å²) >= 11 is 0. The minimum Gasteiger partial charge on any atom is -0.457 e. The summed E-state index contributed by atoms with van der Waals surface area (Å²) in [7, 11) is 0. The molecule has 5 nitrogen and oxygen atoms in total. The third kappa shape index (κ3) is 3.80. The van der Waals surface area contributed by atoms with Crippen molar-refractivity contribution in [2.24, 2.45) is 0 Å². The number of fused-ring (bicyclic) bond motifs is 9. The van der Waals surface area contributed by atoms with Crippen LogP contribution in [0.5, 0.6) is 11.5 Å². The molecule has 1 aliphatic carbocycles. The third-order valence-electron chi connectivity index (χ3n) is 8.96. The lowest BCUT2D eigenvalue weighted by Crippen LogP contribution is -2.32. The fourth-order valence-electron chi connectivity index (χ4n) is 7.07. The van der Waals surface area contributed by atoms with Gasteiger partial charge in [0.05, 0.1) is 5.41 Å². The number of benzene rings is 5. The second kappa shape index (κ2) is 9.79. The first-order chi connectivity index (χ1) is 22.2. The Morgan fingerprint density at radius 1 is 0.489 bits per heavy atom. The van der Waals surface area contributed by atoms with Crippen molar-refractivity contribution >= 4 is 0 Å². The molecule has 2 aliphatic rings. The molecule has 212 valence electrons. The zero-order chi connectivity index (χ0) is 30.0. The summed E-state index contributed by atoms with van der Waals surface area (Å²) in [6.07, 6.45) is 1.75. The van der Waals surface area contributed by atoms with Crippen LogP contribution in [-0.2, 0) is 5.41 Å². The molecule has 0 atom stereocenters. The van der Waals surface area contributed by atoms with Gasteiger partial charge in [0.1, 0.15) is 23.0 Å². The Bertz CT molecular complexity index is 2220. The van der Waals surface area contributed by atoms with E-state index < -0.39 is 5.41 Å². The summed E-state index contributed by atoms with van der Waals surface area (Å²) in [5, 5.41) is 0. The van der Waals surface area contributed by atoms with Crippen LogP contribution in [-0.4, -0.2) is 19.9 Å². The average Bonchev–Trinajstić information content (AvgIpc) is 3.39. The summed E-state index contributed by atoms with van der Waals surface area (Å²) in [5.41, 5.74) is 10.8. The third-order valence-corrected chi connectivity index (χ3v) is 8.96. The highest BCUT2D eigenvalue weighted by molar-refractivity contribution is 5.89. The van der Waals surface area contributed by atoms with Crippen molar-refractivity contribution in [2.45, 2.75) is 12.3 Å². The van der Waals surface area contributed by atoms with Crippen LogP contribution in [0.15, 0.2) is 140 Å². The summed E-state index contributed by atoms with van der Waals surface area (Å²) in [4.78, 5) is 18.3. The fourth-order valence-corrected chi connectivity index (χ4v) is 7.07. The minimum atomic E-state index is -0.488. The van der Waals surface area contributed by atoms with Crippen molar-refractivity contribution in [2.75, 3.05) is 0 Å². The van der Waals surface area contributed by atoms with Crippen molar-refractivity contribution < 1.29 is 4.74 Å². The van der Waals surface area contributed by atoms with Crippen LogP contribution < -0.4 is 4.74 Å². The molecule has 0 unspecified atom stereocenters. The van der Waals surface area contributed by atoms with Crippen LogP contribution in [0.3, 0.4) is 0 Å². The molecule has 2 aromatic heterocycles. The van der Waals surface area contributed by atoms with E-state index in [0.29, 0.717) is 17.5 Å². The van der Waals surface area contributed by atoms with Crippen molar-refractivity contribution in [1.29, 1.82) is 0 Å². The number of nitrogens with zero attached hydrogens (tertiary/aromatic N) is 4. The number of hydrogen-bond donors (Lipinski definition) is 0. The zero-order valence-electron chi connectivity index (χ0n) is 24.5. The van der Waals surface area contributed by atoms with Gasteiger partial charge in [-0.1, -0.05) is 103 Å². The van der Waals surface area contributed by atoms with Gasteiger partial charge in [-0.3, -0.25) is 4.98 Å². The molecule has 9 rings (SSSR count). The number of aromatic nitrogens is 4. The van der Waals surface area contributed by atoms with Gasteiger partial charge in [0.15, 0.2) is 11.6 Å². The minimum absolute atomic E-state index is 0.488. The van der Waals surface area contributed by atoms with Gasteiger partial charge in [0.25, 0.3) is 0 Å². The van der Waals surface area contributed by atoms with Gasteiger partial charge in [-0.05, 0) is 70.6 Å². The summed E-state index contributed by atoms with van der Waals surface area (Å²) in [5.74, 6) is 3.62. The molecule has 3 heterocycles. The first-order valence-corrected chi connectivity index (χ1v) is 15.1. The molecule has 0 radical (unpaired) electrons.